The van der Waals surface area contributed by atoms with Crippen LogP contribution >= 0.6 is 11.6 Å². The zero-order valence-corrected chi connectivity index (χ0v) is 6.54. The molecule has 0 aliphatic carbocycles. The van der Waals surface area contributed by atoms with Crippen LogP contribution in [0.15, 0.2) is 24.0 Å². The largest absolute Gasteiger partial charge is 0.331 e. The highest BCUT2D eigenvalue weighted by Gasteiger charge is 1.90. The third-order valence-electron chi connectivity index (χ3n) is 1.31. The molecular weight excluding hydrogens is 148 g/mol. The first-order chi connectivity index (χ1) is 4.84. The van der Waals surface area contributed by atoms with Gasteiger partial charge in [0.1, 0.15) is 5.82 Å². The molecule has 0 N–H and O–H groups in total. The lowest BCUT2D eigenvalue weighted by Gasteiger charge is -1.97. The van der Waals surface area contributed by atoms with E-state index in [1.54, 1.807) is 6.20 Å². The summed E-state index contributed by atoms with van der Waals surface area (Å²) in [6, 6.07) is 0. The van der Waals surface area contributed by atoms with Crippen molar-refractivity contribution < 1.29 is 0 Å². The van der Waals surface area contributed by atoms with Gasteiger partial charge in [-0.1, -0.05) is 17.7 Å². The van der Waals surface area contributed by atoms with Crippen LogP contribution in [0.25, 0.3) is 0 Å². The smallest absolute Gasteiger partial charge is 0.105 e. The van der Waals surface area contributed by atoms with Crippen molar-refractivity contribution in [1.29, 1.82) is 0 Å². The van der Waals surface area contributed by atoms with Gasteiger partial charge in [-0.15, -0.1) is 0 Å². The van der Waals surface area contributed by atoms with E-state index in [1.165, 1.54) is 5.54 Å². The Balaban J connectivity index is 2.65. The van der Waals surface area contributed by atoms with Crippen molar-refractivity contribution in [2.75, 3.05) is 0 Å². The minimum atomic E-state index is 0.801. The average molecular weight is 157 g/mol. The van der Waals surface area contributed by atoms with Crippen LogP contribution < -0.4 is 0 Å². The number of hydrogen-bond donors (Lipinski definition) is 0. The molecule has 2 nitrogen and oxygen atoms in total. The van der Waals surface area contributed by atoms with Crippen molar-refractivity contribution in [2.45, 2.75) is 13.5 Å². The number of aromatic nitrogens is 2. The third kappa shape index (κ3) is 1.61. The first kappa shape index (κ1) is 7.35. The fourth-order valence-corrected chi connectivity index (χ4v) is 0.830. The molecule has 1 aromatic heterocycles. The van der Waals surface area contributed by atoms with E-state index in [4.69, 9.17) is 11.6 Å². The summed E-state index contributed by atoms with van der Waals surface area (Å²) in [6.45, 7) is 2.76. The van der Waals surface area contributed by atoms with Crippen LogP contribution in [0, 0.1) is 6.92 Å². The number of allylic oxidation sites excluding steroid dienone is 1. The fourth-order valence-electron chi connectivity index (χ4n) is 0.750. The topological polar surface area (TPSA) is 17.8 Å². The second kappa shape index (κ2) is 3.42. The molecule has 0 amide bonds. The van der Waals surface area contributed by atoms with Gasteiger partial charge in [-0.3, -0.25) is 0 Å². The molecule has 1 heterocycles. The number of rotatable bonds is 2. The molecule has 0 spiro atoms. The molecule has 0 atom stereocenters. The summed E-state index contributed by atoms with van der Waals surface area (Å²) in [7, 11) is 0. The standard InChI is InChI=1S/C7H9ClN2/c1-7-9-4-6-10(7)5-2-3-8/h2-4,6H,5H2,1H3. The van der Waals surface area contributed by atoms with Gasteiger partial charge >= 0.3 is 0 Å². The Bertz CT molecular complexity index is 227. The summed E-state index contributed by atoms with van der Waals surface area (Å²) in [6.07, 6.45) is 5.57. The van der Waals surface area contributed by atoms with Gasteiger partial charge in [0.25, 0.3) is 0 Å². The molecule has 0 saturated carbocycles. The van der Waals surface area contributed by atoms with E-state index in [1.807, 2.05) is 23.8 Å². The SMILES string of the molecule is Cc1nccn1CC=CCl. The molecule has 0 aliphatic rings. The lowest BCUT2D eigenvalue weighted by atomic mass is 10.6. The number of hydrogen-bond acceptors (Lipinski definition) is 1. The molecule has 0 radical (unpaired) electrons. The normalized spacial score (nSPS) is 11.0. The Morgan fingerprint density at radius 3 is 3.10 bits per heavy atom. The van der Waals surface area contributed by atoms with Crippen molar-refractivity contribution in [3.63, 3.8) is 0 Å². The fraction of sp³-hybridized carbons (Fsp3) is 0.286. The Labute approximate surface area is 65.1 Å². The molecule has 10 heavy (non-hydrogen) atoms. The van der Waals surface area contributed by atoms with Crippen LogP contribution in [0.3, 0.4) is 0 Å². The molecule has 1 aromatic rings. The van der Waals surface area contributed by atoms with Crippen LogP contribution in [0.5, 0.6) is 0 Å². The van der Waals surface area contributed by atoms with E-state index in [0.29, 0.717) is 0 Å². The first-order valence-electron chi connectivity index (χ1n) is 3.07. The second-order valence-electron chi connectivity index (χ2n) is 1.99. The van der Waals surface area contributed by atoms with Gasteiger partial charge in [0.15, 0.2) is 0 Å². The van der Waals surface area contributed by atoms with Gasteiger partial charge in [-0.2, -0.15) is 0 Å². The van der Waals surface area contributed by atoms with E-state index >= 15 is 0 Å². The summed E-state index contributed by atoms with van der Waals surface area (Å²) in [5.41, 5.74) is 1.51. The first-order valence-corrected chi connectivity index (χ1v) is 3.51. The van der Waals surface area contributed by atoms with Crippen LogP contribution in [-0.4, -0.2) is 9.55 Å². The highest BCUT2D eigenvalue weighted by molar-refractivity contribution is 6.25. The van der Waals surface area contributed by atoms with Gasteiger partial charge in [-0.25, -0.2) is 4.98 Å². The quantitative estimate of drug-likeness (QED) is 0.640. The van der Waals surface area contributed by atoms with E-state index < -0.39 is 0 Å². The molecule has 1 rings (SSSR count). The van der Waals surface area contributed by atoms with Crippen LogP contribution in [0.1, 0.15) is 5.82 Å². The van der Waals surface area contributed by atoms with Gasteiger partial charge < -0.3 is 4.57 Å². The average Bonchev–Trinajstić information content (AvgIpc) is 2.31. The number of aryl methyl sites for hydroxylation is 1. The monoisotopic (exact) mass is 156 g/mol. The van der Waals surface area contributed by atoms with Gasteiger partial charge in [-0.05, 0) is 6.92 Å². The zero-order chi connectivity index (χ0) is 7.40. The number of imidazole rings is 1. The van der Waals surface area contributed by atoms with Crippen LogP contribution in [-0.2, 0) is 6.54 Å². The van der Waals surface area contributed by atoms with Crippen molar-refractivity contribution in [3.05, 3.63) is 29.8 Å². The molecule has 0 fully saturated rings. The summed E-state index contributed by atoms with van der Waals surface area (Å²) in [5, 5.41) is 0. The Kier molecular flexibility index (Phi) is 2.51. The predicted octanol–water partition coefficient (Wildman–Crippen LogP) is 1.94. The van der Waals surface area contributed by atoms with E-state index in [9.17, 15) is 0 Å². The number of halogens is 1. The maximum absolute atomic E-state index is 5.36. The van der Waals surface area contributed by atoms with Crippen molar-refractivity contribution in [3.8, 4) is 0 Å². The molecule has 0 aromatic carbocycles. The second-order valence-corrected chi connectivity index (χ2v) is 2.24. The minimum absolute atomic E-state index is 0.801. The molecule has 0 aliphatic heterocycles. The van der Waals surface area contributed by atoms with Gasteiger partial charge in [0.2, 0.25) is 0 Å². The van der Waals surface area contributed by atoms with Gasteiger partial charge in [0, 0.05) is 24.5 Å². The summed E-state index contributed by atoms with van der Waals surface area (Å²) in [5.74, 6) is 1.01. The summed E-state index contributed by atoms with van der Waals surface area (Å²) in [4.78, 5) is 4.06. The highest BCUT2D eigenvalue weighted by atomic mass is 35.5. The maximum atomic E-state index is 5.36. The van der Waals surface area contributed by atoms with Crippen molar-refractivity contribution in [2.24, 2.45) is 0 Å². The molecular formula is C7H9ClN2. The van der Waals surface area contributed by atoms with E-state index in [0.717, 1.165) is 12.4 Å². The van der Waals surface area contributed by atoms with E-state index in [2.05, 4.69) is 4.98 Å². The molecule has 0 unspecified atom stereocenters. The third-order valence-corrected chi connectivity index (χ3v) is 1.49. The maximum Gasteiger partial charge on any atom is 0.105 e. The lowest BCUT2D eigenvalue weighted by Crippen LogP contribution is -1.95. The van der Waals surface area contributed by atoms with Crippen molar-refractivity contribution in [1.82, 2.24) is 9.55 Å². The van der Waals surface area contributed by atoms with Gasteiger partial charge in [0.05, 0.1) is 0 Å². The Morgan fingerprint density at radius 1 is 1.80 bits per heavy atom. The number of nitrogens with zero attached hydrogens (tertiary/aromatic N) is 2. The molecule has 0 bridgehead atoms. The minimum Gasteiger partial charge on any atom is -0.331 e. The summed E-state index contributed by atoms with van der Waals surface area (Å²) < 4.78 is 2.01. The van der Waals surface area contributed by atoms with Crippen LogP contribution in [0.4, 0.5) is 0 Å². The Hall–Kier alpha value is -0.760. The molecule has 0 saturated heterocycles. The van der Waals surface area contributed by atoms with E-state index in [-0.39, 0.29) is 0 Å². The Morgan fingerprint density at radius 2 is 2.60 bits per heavy atom. The lowest BCUT2D eigenvalue weighted by molar-refractivity contribution is 0.781. The highest BCUT2D eigenvalue weighted by Crippen LogP contribution is 1.95. The van der Waals surface area contributed by atoms with Crippen LogP contribution in [0.2, 0.25) is 0 Å². The van der Waals surface area contributed by atoms with Crippen molar-refractivity contribution >= 4 is 11.6 Å². The zero-order valence-electron chi connectivity index (χ0n) is 5.79. The molecule has 54 valence electrons. The summed E-state index contributed by atoms with van der Waals surface area (Å²) >= 11 is 5.36. The predicted molar refractivity (Wildman–Crippen MR) is 42.0 cm³/mol. The molecule has 3 heteroatoms.